The lowest BCUT2D eigenvalue weighted by molar-refractivity contribution is -0.326. The molecule has 0 saturated heterocycles. The minimum absolute atomic E-state index is 0.334. The van der Waals surface area contributed by atoms with Crippen LogP contribution in [0.1, 0.15) is 79.1 Å². The third kappa shape index (κ3) is 2.25. The van der Waals surface area contributed by atoms with Gasteiger partial charge in [0.05, 0.1) is 0 Å². The molecule has 22 heavy (non-hydrogen) atoms. The van der Waals surface area contributed by atoms with Crippen molar-refractivity contribution >= 4 is 5.97 Å². The van der Waals surface area contributed by atoms with Crippen molar-refractivity contribution in [2.75, 3.05) is 0 Å². The van der Waals surface area contributed by atoms with Crippen LogP contribution in [0.4, 0.5) is 0 Å². The number of fused-ring (bicyclic) bond motifs is 3. The number of carboxylic acid groups (broad SMARTS) is 1. The minimum atomic E-state index is -0.801. The molecule has 2 nitrogen and oxygen atoms in total. The molecule has 2 heteroatoms. The zero-order chi connectivity index (χ0) is 16.1. The Balaban J connectivity index is 1.90. The van der Waals surface area contributed by atoms with Gasteiger partial charge in [-0.15, -0.1) is 0 Å². The second kappa shape index (κ2) is 5.39. The SMILES string of the molecule is CC(C)=C1CC[C@]2(C)[C@@H](CC[C@@H]3[C@@H]2CCC[C@@]3(C)C(=O)[O-])C1. The molecular weight excluding hydrogens is 272 g/mol. The van der Waals surface area contributed by atoms with Crippen LogP contribution in [-0.2, 0) is 4.79 Å². The van der Waals surface area contributed by atoms with Gasteiger partial charge in [-0.2, -0.15) is 0 Å². The average molecular weight is 303 g/mol. The number of rotatable bonds is 1. The third-order valence-corrected chi connectivity index (χ3v) is 7.75. The molecule has 3 rings (SSSR count). The van der Waals surface area contributed by atoms with Crippen molar-refractivity contribution in [1.82, 2.24) is 0 Å². The first-order valence-corrected chi connectivity index (χ1v) is 9.15. The maximum atomic E-state index is 11.8. The maximum Gasteiger partial charge on any atom is 0.0476 e. The Morgan fingerprint density at radius 3 is 2.45 bits per heavy atom. The fraction of sp³-hybridized carbons (Fsp3) is 0.850. The van der Waals surface area contributed by atoms with Crippen LogP contribution in [0.5, 0.6) is 0 Å². The lowest BCUT2D eigenvalue weighted by Gasteiger charge is -2.60. The van der Waals surface area contributed by atoms with Gasteiger partial charge in [-0.05, 0) is 82.0 Å². The highest BCUT2D eigenvalue weighted by molar-refractivity contribution is 5.72. The first kappa shape index (κ1) is 16.1. The highest BCUT2D eigenvalue weighted by Crippen LogP contribution is 2.63. The smallest absolute Gasteiger partial charge is 0.0476 e. The molecule has 124 valence electrons. The molecule has 0 heterocycles. The summed E-state index contributed by atoms with van der Waals surface area (Å²) < 4.78 is 0. The summed E-state index contributed by atoms with van der Waals surface area (Å²) in [6.07, 6.45) is 9.13. The Hall–Kier alpha value is -0.790. The molecule has 0 aromatic rings. The van der Waals surface area contributed by atoms with E-state index in [1.54, 1.807) is 5.57 Å². The van der Waals surface area contributed by atoms with E-state index < -0.39 is 11.4 Å². The number of hydrogen-bond acceptors (Lipinski definition) is 2. The van der Waals surface area contributed by atoms with E-state index in [9.17, 15) is 9.90 Å². The van der Waals surface area contributed by atoms with Gasteiger partial charge in [0.25, 0.3) is 0 Å². The van der Waals surface area contributed by atoms with Gasteiger partial charge in [-0.25, -0.2) is 0 Å². The molecule has 3 aliphatic rings. The summed E-state index contributed by atoms with van der Waals surface area (Å²) >= 11 is 0. The van der Waals surface area contributed by atoms with E-state index in [4.69, 9.17) is 0 Å². The van der Waals surface area contributed by atoms with Gasteiger partial charge >= 0.3 is 0 Å². The highest BCUT2D eigenvalue weighted by Gasteiger charge is 2.55. The van der Waals surface area contributed by atoms with Gasteiger partial charge in [0, 0.05) is 11.4 Å². The van der Waals surface area contributed by atoms with E-state index in [0.29, 0.717) is 17.3 Å². The molecule has 3 saturated carbocycles. The predicted molar refractivity (Wildman–Crippen MR) is 87.0 cm³/mol. The van der Waals surface area contributed by atoms with Gasteiger partial charge in [0.1, 0.15) is 0 Å². The summed E-state index contributed by atoms with van der Waals surface area (Å²) in [6, 6.07) is 0. The average Bonchev–Trinajstić information content (AvgIpc) is 2.46. The molecule has 0 spiro atoms. The second-order valence-corrected chi connectivity index (χ2v) is 8.90. The van der Waals surface area contributed by atoms with Crippen molar-refractivity contribution in [3.8, 4) is 0 Å². The zero-order valence-corrected chi connectivity index (χ0v) is 14.7. The Morgan fingerprint density at radius 1 is 1.09 bits per heavy atom. The van der Waals surface area contributed by atoms with Crippen molar-refractivity contribution < 1.29 is 9.90 Å². The van der Waals surface area contributed by atoms with Crippen LogP contribution in [0.2, 0.25) is 0 Å². The summed E-state index contributed by atoms with van der Waals surface area (Å²) in [5, 5.41) is 11.8. The normalized spacial score (nSPS) is 44.9. The maximum absolute atomic E-state index is 11.8. The molecule has 3 fully saturated rings. The molecule has 5 atom stereocenters. The van der Waals surface area contributed by atoms with Crippen molar-refractivity contribution in [2.24, 2.45) is 28.6 Å². The molecular formula is C20H31O2-. The minimum Gasteiger partial charge on any atom is -0.550 e. The quantitative estimate of drug-likeness (QED) is 0.684. The summed E-state index contributed by atoms with van der Waals surface area (Å²) in [5.74, 6) is 0.879. The summed E-state index contributed by atoms with van der Waals surface area (Å²) in [5.41, 5.74) is 2.93. The number of hydrogen-bond donors (Lipinski definition) is 0. The number of allylic oxidation sites excluding steroid dienone is 2. The van der Waals surface area contributed by atoms with Crippen LogP contribution in [-0.4, -0.2) is 5.97 Å². The van der Waals surface area contributed by atoms with Gasteiger partial charge < -0.3 is 9.90 Å². The molecule has 0 aliphatic heterocycles. The number of carbonyl (C=O) groups excluding carboxylic acids is 1. The number of carbonyl (C=O) groups is 1. The molecule has 0 radical (unpaired) electrons. The monoisotopic (exact) mass is 303 g/mol. The van der Waals surface area contributed by atoms with E-state index in [1.165, 1.54) is 37.7 Å². The van der Waals surface area contributed by atoms with E-state index in [-0.39, 0.29) is 0 Å². The molecule has 0 amide bonds. The fourth-order valence-corrected chi connectivity index (χ4v) is 6.09. The first-order chi connectivity index (χ1) is 10.3. The lowest BCUT2D eigenvalue weighted by atomic mass is 9.45. The Labute approximate surface area is 135 Å². The number of aliphatic carboxylic acids is 1. The Morgan fingerprint density at radius 2 is 1.82 bits per heavy atom. The molecule has 0 aromatic heterocycles. The van der Waals surface area contributed by atoms with Crippen molar-refractivity contribution in [2.45, 2.75) is 79.1 Å². The van der Waals surface area contributed by atoms with E-state index in [1.807, 2.05) is 6.92 Å². The first-order valence-electron chi connectivity index (χ1n) is 9.15. The zero-order valence-electron chi connectivity index (χ0n) is 14.7. The number of carboxylic acids is 1. The van der Waals surface area contributed by atoms with Crippen LogP contribution >= 0.6 is 0 Å². The molecule has 0 bridgehead atoms. The van der Waals surface area contributed by atoms with Crippen LogP contribution in [0, 0.1) is 28.6 Å². The summed E-state index contributed by atoms with van der Waals surface area (Å²) in [6.45, 7) is 8.93. The molecule has 3 aliphatic carbocycles. The predicted octanol–water partition coefficient (Wildman–Crippen LogP) is 4.10. The van der Waals surface area contributed by atoms with Gasteiger partial charge in [0.15, 0.2) is 0 Å². The van der Waals surface area contributed by atoms with E-state index in [0.717, 1.165) is 25.2 Å². The van der Waals surface area contributed by atoms with E-state index in [2.05, 4.69) is 20.8 Å². The molecule has 0 N–H and O–H groups in total. The van der Waals surface area contributed by atoms with Crippen LogP contribution in [0.25, 0.3) is 0 Å². The van der Waals surface area contributed by atoms with Crippen LogP contribution in [0.3, 0.4) is 0 Å². The highest BCUT2D eigenvalue weighted by atomic mass is 16.4. The van der Waals surface area contributed by atoms with Crippen molar-refractivity contribution in [3.05, 3.63) is 11.1 Å². The van der Waals surface area contributed by atoms with Crippen LogP contribution in [0.15, 0.2) is 11.1 Å². The van der Waals surface area contributed by atoms with Crippen molar-refractivity contribution in [1.29, 1.82) is 0 Å². The third-order valence-electron chi connectivity index (χ3n) is 7.75. The molecule has 0 aromatic carbocycles. The Kier molecular flexibility index (Phi) is 3.94. The lowest BCUT2D eigenvalue weighted by Crippen LogP contribution is -2.56. The van der Waals surface area contributed by atoms with Crippen molar-refractivity contribution in [3.63, 3.8) is 0 Å². The largest absolute Gasteiger partial charge is 0.550 e. The Bertz CT molecular complexity index is 502. The summed E-state index contributed by atoms with van der Waals surface area (Å²) in [4.78, 5) is 11.8. The second-order valence-electron chi connectivity index (χ2n) is 8.90. The van der Waals surface area contributed by atoms with Gasteiger partial charge in [-0.1, -0.05) is 31.4 Å². The van der Waals surface area contributed by atoms with Gasteiger partial charge in [0.2, 0.25) is 0 Å². The molecule has 0 unspecified atom stereocenters. The van der Waals surface area contributed by atoms with E-state index >= 15 is 0 Å². The topological polar surface area (TPSA) is 40.1 Å². The summed E-state index contributed by atoms with van der Waals surface area (Å²) in [7, 11) is 0. The van der Waals surface area contributed by atoms with Gasteiger partial charge in [-0.3, -0.25) is 0 Å². The standard InChI is InChI=1S/C20H32O2/c1-13(2)14-9-11-19(3)15(12-14)7-8-17-16(19)6-5-10-20(17,4)18(21)22/h15-17H,5-12H2,1-4H3,(H,21,22)/p-1/t15-,16-,17+,19+,20+/m0/s1. The van der Waals surface area contributed by atoms with Crippen LogP contribution < -0.4 is 5.11 Å². The fourth-order valence-electron chi connectivity index (χ4n) is 6.09.